The van der Waals surface area contributed by atoms with Gasteiger partial charge in [-0.3, -0.25) is 5.32 Å². The number of nitrogens with one attached hydrogen (secondary N) is 2. The Morgan fingerprint density at radius 3 is 2.96 bits per heavy atom. The van der Waals surface area contributed by atoms with Gasteiger partial charge in [0.25, 0.3) is 0 Å². The number of hydrogen-bond donors (Lipinski definition) is 2. The van der Waals surface area contributed by atoms with Crippen LogP contribution < -0.4 is 10.6 Å². The number of hydrogen-bond acceptors (Lipinski definition) is 5. The van der Waals surface area contributed by atoms with E-state index in [1.165, 1.54) is 24.2 Å². The predicted octanol–water partition coefficient (Wildman–Crippen LogP) is 3.19. The van der Waals surface area contributed by atoms with E-state index in [-0.39, 0.29) is 12.1 Å². The third-order valence-corrected chi connectivity index (χ3v) is 5.02. The smallest absolute Gasteiger partial charge is 0.320 e. The Morgan fingerprint density at radius 2 is 2.29 bits per heavy atom. The van der Waals surface area contributed by atoms with E-state index in [0.29, 0.717) is 22.4 Å². The highest BCUT2D eigenvalue weighted by Crippen LogP contribution is 2.32. The van der Waals surface area contributed by atoms with Gasteiger partial charge in [0.15, 0.2) is 0 Å². The molecule has 0 spiro atoms. The number of nitriles is 1. The zero-order chi connectivity index (χ0) is 17.3. The Morgan fingerprint density at radius 1 is 1.54 bits per heavy atom. The van der Waals surface area contributed by atoms with Crippen LogP contribution in [-0.4, -0.2) is 26.6 Å². The van der Waals surface area contributed by atoms with Crippen LogP contribution in [0.15, 0.2) is 17.9 Å². The number of carbonyl (C=O) groups is 1. The molecule has 2 aromatic rings. The number of aromatic nitrogens is 3. The van der Waals surface area contributed by atoms with Crippen molar-refractivity contribution in [2.45, 2.75) is 45.2 Å². The molecule has 2 N–H and O–H groups in total. The minimum atomic E-state index is -0.664. The molecule has 1 saturated carbocycles. The monoisotopic (exact) mass is 344 g/mol. The summed E-state index contributed by atoms with van der Waals surface area (Å²) in [4.78, 5) is 20.7. The van der Waals surface area contributed by atoms with Crippen molar-refractivity contribution in [1.82, 2.24) is 19.9 Å². The molecule has 2 heterocycles. The van der Waals surface area contributed by atoms with Crippen molar-refractivity contribution in [3.8, 4) is 16.8 Å². The van der Waals surface area contributed by atoms with Crippen molar-refractivity contribution >= 4 is 23.2 Å². The van der Waals surface area contributed by atoms with Crippen LogP contribution in [0.2, 0.25) is 0 Å². The number of thiazole rings is 1. The maximum absolute atomic E-state index is 12.0. The Bertz CT molecular complexity index is 783. The maximum Gasteiger partial charge on any atom is 0.320 e. The Labute approximate surface area is 144 Å². The van der Waals surface area contributed by atoms with E-state index in [2.05, 4.69) is 26.7 Å². The summed E-state index contributed by atoms with van der Waals surface area (Å²) in [5, 5.41) is 17.4. The summed E-state index contributed by atoms with van der Waals surface area (Å²) < 4.78 is 1.75. The number of anilines is 1. The number of carbonyl (C=O) groups excluding carboxylic acids is 1. The summed E-state index contributed by atoms with van der Waals surface area (Å²) in [5.74, 6) is 1.11. The van der Waals surface area contributed by atoms with Crippen LogP contribution in [-0.2, 0) is 5.54 Å². The molecule has 3 rings (SSSR count). The molecule has 24 heavy (non-hydrogen) atoms. The van der Waals surface area contributed by atoms with Gasteiger partial charge in [0.05, 0.1) is 12.4 Å². The lowest BCUT2D eigenvalue weighted by molar-refractivity contribution is 0.248. The quantitative estimate of drug-likeness (QED) is 0.870. The van der Waals surface area contributed by atoms with Crippen molar-refractivity contribution in [3.05, 3.63) is 17.9 Å². The number of amides is 2. The third-order valence-electron chi connectivity index (χ3n) is 4.15. The lowest BCUT2D eigenvalue weighted by atomic mass is 10.1. The van der Waals surface area contributed by atoms with E-state index in [1.54, 1.807) is 22.5 Å². The molecule has 2 amide bonds. The highest BCUT2D eigenvalue weighted by atomic mass is 32.1. The van der Waals surface area contributed by atoms with Gasteiger partial charge in [0, 0.05) is 17.6 Å². The molecule has 0 bridgehead atoms. The lowest BCUT2D eigenvalue weighted by Crippen LogP contribution is -2.37. The molecule has 0 aromatic carbocycles. The van der Waals surface area contributed by atoms with Crippen molar-refractivity contribution in [3.63, 3.8) is 0 Å². The van der Waals surface area contributed by atoms with E-state index in [0.717, 1.165) is 0 Å². The minimum absolute atomic E-state index is 0.187. The second-order valence-corrected chi connectivity index (χ2v) is 7.46. The van der Waals surface area contributed by atoms with Crippen molar-refractivity contribution in [2.24, 2.45) is 5.92 Å². The third kappa shape index (κ3) is 3.57. The first-order valence-corrected chi connectivity index (χ1v) is 8.76. The summed E-state index contributed by atoms with van der Waals surface area (Å²) in [6.07, 6.45) is 5.78. The van der Waals surface area contributed by atoms with E-state index in [1.807, 2.05) is 20.8 Å². The molecule has 1 atom stereocenters. The molecule has 0 aliphatic heterocycles. The van der Waals surface area contributed by atoms with E-state index in [4.69, 9.17) is 0 Å². The molecular weight excluding hydrogens is 324 g/mol. The average Bonchev–Trinajstić information content (AvgIpc) is 3.08. The molecule has 8 heteroatoms. The molecule has 7 nitrogen and oxygen atoms in total. The summed E-state index contributed by atoms with van der Waals surface area (Å²) in [5.41, 5.74) is 0.0192. The lowest BCUT2D eigenvalue weighted by Gasteiger charge is -2.16. The molecule has 1 aliphatic rings. The molecule has 126 valence electrons. The first kappa shape index (κ1) is 16.5. The van der Waals surface area contributed by atoms with Crippen molar-refractivity contribution in [2.75, 3.05) is 5.32 Å². The number of rotatable bonds is 5. The van der Waals surface area contributed by atoms with Gasteiger partial charge in [-0.2, -0.15) is 5.26 Å². The van der Waals surface area contributed by atoms with Gasteiger partial charge >= 0.3 is 6.03 Å². The summed E-state index contributed by atoms with van der Waals surface area (Å²) in [6.45, 7) is 5.66. The van der Waals surface area contributed by atoms with E-state index >= 15 is 0 Å². The molecule has 0 unspecified atom stereocenters. The first-order chi connectivity index (χ1) is 11.4. The largest absolute Gasteiger partial charge is 0.335 e. The number of imidazole rings is 1. The molecule has 2 aromatic heterocycles. The second-order valence-electron chi connectivity index (χ2n) is 6.60. The van der Waals surface area contributed by atoms with Crippen LogP contribution in [0, 0.1) is 17.2 Å². The van der Waals surface area contributed by atoms with Crippen LogP contribution in [0.5, 0.6) is 0 Å². The molecule has 1 aliphatic carbocycles. The molecule has 1 fully saturated rings. The Balaban J connectivity index is 1.65. The van der Waals surface area contributed by atoms with Gasteiger partial charge in [-0.05, 0) is 39.5 Å². The van der Waals surface area contributed by atoms with Gasteiger partial charge in [0.2, 0.25) is 0 Å². The highest BCUT2D eigenvalue weighted by molar-refractivity contribution is 7.13. The van der Waals surface area contributed by atoms with Gasteiger partial charge in [0.1, 0.15) is 22.1 Å². The van der Waals surface area contributed by atoms with E-state index < -0.39 is 5.54 Å². The van der Waals surface area contributed by atoms with Crippen molar-refractivity contribution < 1.29 is 4.79 Å². The fourth-order valence-electron chi connectivity index (χ4n) is 2.32. The van der Waals surface area contributed by atoms with Gasteiger partial charge in [-0.15, -0.1) is 11.3 Å². The number of nitrogens with zero attached hydrogens (tertiary/aromatic N) is 4. The van der Waals surface area contributed by atoms with Crippen LogP contribution in [0.4, 0.5) is 10.6 Å². The topological polar surface area (TPSA) is 95.6 Å². The molecule has 0 radical (unpaired) electrons. The predicted molar refractivity (Wildman–Crippen MR) is 92.6 cm³/mol. The van der Waals surface area contributed by atoms with Crippen LogP contribution in [0.1, 0.15) is 33.6 Å². The first-order valence-electron chi connectivity index (χ1n) is 7.88. The van der Waals surface area contributed by atoms with Gasteiger partial charge < -0.3 is 9.88 Å². The summed E-state index contributed by atoms with van der Waals surface area (Å²) in [7, 11) is 0. The second kappa shape index (κ2) is 6.24. The van der Waals surface area contributed by atoms with Crippen LogP contribution >= 0.6 is 11.3 Å². The Hall–Kier alpha value is -2.40. The highest BCUT2D eigenvalue weighted by Gasteiger charge is 2.29. The van der Waals surface area contributed by atoms with Gasteiger partial charge in [-0.1, -0.05) is 0 Å². The number of urea groups is 1. The van der Waals surface area contributed by atoms with E-state index in [9.17, 15) is 10.1 Å². The van der Waals surface area contributed by atoms with Crippen molar-refractivity contribution in [1.29, 1.82) is 5.26 Å². The average molecular weight is 344 g/mol. The zero-order valence-corrected chi connectivity index (χ0v) is 14.7. The normalized spacial score (nSPS) is 15.6. The molecule has 0 saturated heterocycles. The fourth-order valence-corrected chi connectivity index (χ4v) is 3.03. The van der Waals surface area contributed by atoms with Gasteiger partial charge in [-0.25, -0.2) is 14.8 Å². The SMILES string of the molecule is C[C@H](NC(=O)Nc1csc(-c2cn(C(C)(C)C#N)cn2)n1)C1CC1. The molecular formula is C16H20N6OS. The maximum atomic E-state index is 12.0. The summed E-state index contributed by atoms with van der Waals surface area (Å²) in [6, 6.07) is 2.18. The fraction of sp³-hybridized carbons (Fsp3) is 0.500. The Kier molecular flexibility index (Phi) is 4.28. The standard InChI is InChI=1S/C16H20N6OS/c1-10(11-4-5-11)19-15(23)21-13-7-24-14(20-13)12-6-22(9-18-12)16(2,3)8-17/h6-7,9-11H,4-5H2,1-3H3,(H2,19,21,23)/t10-/m0/s1. The van der Waals surface area contributed by atoms with Crippen LogP contribution in [0.25, 0.3) is 10.7 Å². The zero-order valence-electron chi connectivity index (χ0n) is 13.9. The minimum Gasteiger partial charge on any atom is -0.335 e. The van der Waals surface area contributed by atoms with Crippen LogP contribution in [0.3, 0.4) is 0 Å². The summed E-state index contributed by atoms with van der Waals surface area (Å²) >= 11 is 1.40.